The predicted molar refractivity (Wildman–Crippen MR) is 58.7 cm³/mol. The smallest absolute Gasteiger partial charge is 0.341 e. The van der Waals surface area contributed by atoms with Crippen molar-refractivity contribution >= 4 is 11.8 Å². The van der Waals surface area contributed by atoms with E-state index in [2.05, 4.69) is 0 Å². The van der Waals surface area contributed by atoms with E-state index in [1.807, 2.05) is 0 Å². The average molecular weight is 266 g/mol. The Morgan fingerprint density at radius 3 is 2.28 bits per heavy atom. The van der Waals surface area contributed by atoms with Gasteiger partial charge in [0.2, 0.25) is 5.91 Å². The predicted octanol–water partition coefficient (Wildman–Crippen LogP) is 1.41. The molecular formula is C11H17F3N2O2. The minimum Gasteiger partial charge on any atom is -0.341 e. The third kappa shape index (κ3) is 2.94. The highest BCUT2D eigenvalue weighted by atomic mass is 19.4. The van der Waals surface area contributed by atoms with Gasteiger partial charge in [-0.15, -0.1) is 0 Å². The molecule has 0 bridgehead atoms. The summed E-state index contributed by atoms with van der Waals surface area (Å²) < 4.78 is 37.2. The molecule has 1 unspecified atom stereocenters. The van der Waals surface area contributed by atoms with Crippen LogP contribution in [-0.2, 0) is 9.59 Å². The van der Waals surface area contributed by atoms with Gasteiger partial charge in [0, 0.05) is 19.6 Å². The topological polar surface area (TPSA) is 40.6 Å². The van der Waals surface area contributed by atoms with Gasteiger partial charge in [0.25, 0.3) is 0 Å². The number of likely N-dealkylation sites (tertiary alicyclic amines) is 1. The molecule has 1 atom stereocenters. The van der Waals surface area contributed by atoms with E-state index in [4.69, 9.17) is 0 Å². The Balaban J connectivity index is 2.82. The van der Waals surface area contributed by atoms with Crippen molar-refractivity contribution in [3.05, 3.63) is 0 Å². The Hall–Kier alpha value is -1.27. The molecule has 1 aliphatic rings. The molecule has 0 aromatic carbocycles. The van der Waals surface area contributed by atoms with Crippen molar-refractivity contribution in [2.24, 2.45) is 0 Å². The summed E-state index contributed by atoms with van der Waals surface area (Å²) in [6.45, 7) is 4.37. The summed E-state index contributed by atoms with van der Waals surface area (Å²) in [5.74, 6) is -2.30. The summed E-state index contributed by atoms with van der Waals surface area (Å²) in [6.07, 6.45) is -4.18. The lowest BCUT2D eigenvalue weighted by Gasteiger charge is -2.29. The van der Waals surface area contributed by atoms with Gasteiger partial charge in [0.1, 0.15) is 6.04 Å². The zero-order chi connectivity index (χ0) is 13.9. The van der Waals surface area contributed by atoms with Crippen LogP contribution in [0.1, 0.15) is 26.7 Å². The van der Waals surface area contributed by atoms with Gasteiger partial charge >= 0.3 is 12.1 Å². The Labute approximate surface area is 104 Å². The molecule has 0 aromatic heterocycles. The third-order valence-electron chi connectivity index (χ3n) is 3.12. The SMILES string of the molecule is CCN(CC)C(=O)C1CCCN1C(=O)C(F)(F)F. The van der Waals surface area contributed by atoms with Crippen molar-refractivity contribution in [2.45, 2.75) is 38.9 Å². The molecule has 7 heteroatoms. The fourth-order valence-electron chi connectivity index (χ4n) is 2.18. The van der Waals surface area contributed by atoms with Crippen LogP contribution in [0, 0.1) is 0 Å². The second kappa shape index (κ2) is 5.58. The lowest BCUT2D eigenvalue weighted by molar-refractivity contribution is -0.187. The number of nitrogens with zero attached hydrogens (tertiary/aromatic N) is 2. The third-order valence-corrected chi connectivity index (χ3v) is 3.12. The maximum absolute atomic E-state index is 12.4. The normalized spacial score (nSPS) is 20.1. The Kier molecular flexibility index (Phi) is 4.59. The molecular weight excluding hydrogens is 249 g/mol. The van der Waals surface area contributed by atoms with Gasteiger partial charge in [-0.25, -0.2) is 0 Å². The summed E-state index contributed by atoms with van der Waals surface area (Å²) in [6, 6.07) is -0.959. The van der Waals surface area contributed by atoms with E-state index in [0.29, 0.717) is 30.8 Å². The van der Waals surface area contributed by atoms with E-state index in [0.717, 1.165) is 0 Å². The second-order valence-electron chi connectivity index (χ2n) is 4.16. The van der Waals surface area contributed by atoms with Crippen LogP contribution in [0.25, 0.3) is 0 Å². The fourth-order valence-corrected chi connectivity index (χ4v) is 2.18. The number of halogens is 3. The van der Waals surface area contributed by atoms with Gasteiger partial charge in [0.15, 0.2) is 0 Å². The van der Waals surface area contributed by atoms with Crippen molar-refractivity contribution < 1.29 is 22.8 Å². The van der Waals surface area contributed by atoms with Crippen LogP contribution in [0.5, 0.6) is 0 Å². The number of carbonyl (C=O) groups excluding carboxylic acids is 2. The minimum atomic E-state index is -4.91. The zero-order valence-electron chi connectivity index (χ0n) is 10.5. The molecule has 2 amide bonds. The van der Waals surface area contributed by atoms with Crippen LogP contribution in [-0.4, -0.2) is 53.5 Å². The lowest BCUT2D eigenvalue weighted by atomic mass is 10.2. The van der Waals surface area contributed by atoms with Crippen LogP contribution >= 0.6 is 0 Å². The first kappa shape index (κ1) is 14.8. The molecule has 0 aliphatic carbocycles. The largest absolute Gasteiger partial charge is 0.471 e. The monoisotopic (exact) mass is 266 g/mol. The first-order valence-electron chi connectivity index (χ1n) is 5.99. The van der Waals surface area contributed by atoms with Gasteiger partial charge in [-0.2, -0.15) is 13.2 Å². The number of carbonyl (C=O) groups is 2. The van der Waals surface area contributed by atoms with Crippen LogP contribution in [0.15, 0.2) is 0 Å². The van der Waals surface area contributed by atoms with Gasteiger partial charge in [-0.3, -0.25) is 9.59 Å². The molecule has 18 heavy (non-hydrogen) atoms. The number of hydrogen-bond acceptors (Lipinski definition) is 2. The summed E-state index contributed by atoms with van der Waals surface area (Å²) in [5, 5.41) is 0. The van der Waals surface area contributed by atoms with Crippen molar-refractivity contribution in [1.29, 1.82) is 0 Å². The highest BCUT2D eigenvalue weighted by Gasteiger charge is 2.48. The number of hydrogen-bond donors (Lipinski definition) is 0. The average Bonchev–Trinajstić information content (AvgIpc) is 2.76. The van der Waals surface area contributed by atoms with E-state index in [9.17, 15) is 22.8 Å². The highest BCUT2D eigenvalue weighted by molar-refractivity contribution is 5.90. The number of amides is 2. The van der Waals surface area contributed by atoms with Crippen molar-refractivity contribution in [2.75, 3.05) is 19.6 Å². The standard InChI is InChI=1S/C11H17F3N2O2/c1-3-15(4-2)9(17)8-6-5-7-16(8)10(18)11(12,13)14/h8H,3-7H2,1-2H3. The Bertz CT molecular complexity index is 327. The van der Waals surface area contributed by atoms with E-state index in [1.165, 1.54) is 4.90 Å². The molecule has 0 radical (unpaired) electrons. The lowest BCUT2D eigenvalue weighted by Crippen LogP contribution is -2.51. The fraction of sp³-hybridized carbons (Fsp3) is 0.818. The van der Waals surface area contributed by atoms with E-state index >= 15 is 0 Å². The minimum absolute atomic E-state index is 0.00395. The molecule has 1 fully saturated rings. The molecule has 0 saturated carbocycles. The van der Waals surface area contributed by atoms with Gasteiger partial charge in [-0.05, 0) is 26.7 Å². The van der Waals surface area contributed by atoms with Crippen molar-refractivity contribution in [3.8, 4) is 0 Å². The quantitative estimate of drug-likeness (QED) is 0.775. The number of likely N-dealkylation sites (N-methyl/N-ethyl adjacent to an activating group) is 1. The zero-order valence-corrected chi connectivity index (χ0v) is 10.5. The molecule has 1 rings (SSSR count). The molecule has 1 heterocycles. The van der Waals surface area contributed by atoms with Gasteiger partial charge in [0.05, 0.1) is 0 Å². The summed E-state index contributed by atoms with van der Waals surface area (Å²) >= 11 is 0. The van der Waals surface area contributed by atoms with E-state index in [1.54, 1.807) is 13.8 Å². The van der Waals surface area contributed by atoms with Crippen LogP contribution in [0.2, 0.25) is 0 Å². The maximum atomic E-state index is 12.4. The Morgan fingerprint density at radius 1 is 1.28 bits per heavy atom. The molecule has 104 valence electrons. The summed E-state index contributed by atoms with van der Waals surface area (Å²) in [4.78, 5) is 25.3. The molecule has 4 nitrogen and oxygen atoms in total. The molecule has 1 saturated heterocycles. The van der Waals surface area contributed by atoms with E-state index in [-0.39, 0.29) is 6.54 Å². The molecule has 1 aliphatic heterocycles. The van der Waals surface area contributed by atoms with Gasteiger partial charge < -0.3 is 9.80 Å². The van der Waals surface area contributed by atoms with E-state index < -0.39 is 24.0 Å². The first-order chi connectivity index (χ1) is 8.32. The maximum Gasteiger partial charge on any atom is 0.471 e. The second-order valence-corrected chi connectivity index (χ2v) is 4.16. The number of rotatable bonds is 3. The highest BCUT2D eigenvalue weighted by Crippen LogP contribution is 2.26. The summed E-state index contributed by atoms with van der Waals surface area (Å²) in [5.41, 5.74) is 0. The summed E-state index contributed by atoms with van der Waals surface area (Å²) in [7, 11) is 0. The Morgan fingerprint density at radius 2 is 1.83 bits per heavy atom. The van der Waals surface area contributed by atoms with Crippen molar-refractivity contribution in [1.82, 2.24) is 9.80 Å². The van der Waals surface area contributed by atoms with Crippen LogP contribution < -0.4 is 0 Å². The van der Waals surface area contributed by atoms with Crippen LogP contribution in [0.4, 0.5) is 13.2 Å². The molecule has 0 N–H and O–H groups in total. The molecule has 0 aromatic rings. The van der Waals surface area contributed by atoms with Gasteiger partial charge in [-0.1, -0.05) is 0 Å². The first-order valence-corrected chi connectivity index (χ1v) is 5.99. The number of alkyl halides is 3. The van der Waals surface area contributed by atoms with Crippen molar-refractivity contribution in [3.63, 3.8) is 0 Å². The van der Waals surface area contributed by atoms with Crippen LogP contribution in [0.3, 0.4) is 0 Å². The molecule has 0 spiro atoms.